The molecular weight excluding hydrogens is 985 g/mol. The van der Waals surface area contributed by atoms with Gasteiger partial charge in [0.25, 0.3) is 11.1 Å². The minimum absolute atomic E-state index is 0.0800. The molecule has 0 aliphatic carbocycles. The smallest absolute Gasteiger partial charge is 0.262 e. The van der Waals surface area contributed by atoms with Crippen LogP contribution < -0.4 is 31.2 Å². The number of carbonyl (C=O) groups excluding carboxylic acids is 2. The van der Waals surface area contributed by atoms with E-state index in [1.165, 1.54) is 0 Å². The summed E-state index contributed by atoms with van der Waals surface area (Å²) in [4.78, 5) is 66.1. The van der Waals surface area contributed by atoms with Crippen LogP contribution in [0.25, 0.3) is 55.7 Å². The molecule has 10 rings (SSSR count). The highest BCUT2D eigenvalue weighted by atomic mass is 32.2. The Morgan fingerprint density at radius 1 is 0.520 bits per heavy atom. The van der Waals surface area contributed by atoms with Crippen molar-refractivity contribution >= 4 is 68.8 Å². The number of benzene rings is 6. The topological polar surface area (TPSA) is 182 Å². The molecule has 0 bridgehead atoms. The van der Waals surface area contributed by atoms with Gasteiger partial charge in [-0.2, -0.15) is 10.2 Å². The largest absolute Gasteiger partial charge is 0.497 e. The van der Waals surface area contributed by atoms with Crippen molar-refractivity contribution in [2.45, 2.75) is 43.7 Å². The number of nitrogens with zero attached hydrogens (tertiary/aromatic N) is 8. The van der Waals surface area contributed by atoms with Gasteiger partial charge in [0, 0.05) is 36.3 Å². The Labute approximate surface area is 439 Å². The van der Waals surface area contributed by atoms with Gasteiger partial charge in [-0.15, -0.1) is 0 Å². The third-order valence-electron chi connectivity index (χ3n) is 12.3. The number of hydrogen-bond acceptors (Lipinski definition) is 12. The number of aryl methyl sites for hydroxylation is 2. The lowest BCUT2D eigenvalue weighted by atomic mass is 10.1. The maximum Gasteiger partial charge on any atom is 0.262 e. The molecule has 4 aromatic heterocycles. The Morgan fingerprint density at radius 2 is 0.933 bits per heavy atom. The molecular formula is C57H50N10O6S2. The number of hydrogen-bond donors (Lipinski definition) is 2. The average Bonchev–Trinajstić information content (AvgIpc) is 4.06. The molecule has 0 unspecified atom stereocenters. The van der Waals surface area contributed by atoms with E-state index in [0.29, 0.717) is 73.1 Å². The van der Waals surface area contributed by atoms with Crippen LogP contribution in [0.5, 0.6) is 11.5 Å². The van der Waals surface area contributed by atoms with Crippen molar-refractivity contribution < 1.29 is 19.1 Å². The van der Waals surface area contributed by atoms with Crippen molar-refractivity contribution in [1.82, 2.24) is 38.7 Å². The number of anilines is 2. The van der Waals surface area contributed by atoms with Gasteiger partial charge >= 0.3 is 0 Å². The van der Waals surface area contributed by atoms with Crippen molar-refractivity contribution in [3.05, 3.63) is 190 Å². The third-order valence-corrected chi connectivity index (χ3v) is 14.3. The van der Waals surface area contributed by atoms with Crippen LogP contribution in [0.4, 0.5) is 11.6 Å². The van der Waals surface area contributed by atoms with Crippen LogP contribution in [0.2, 0.25) is 0 Å². The van der Waals surface area contributed by atoms with E-state index in [1.54, 1.807) is 69.1 Å². The van der Waals surface area contributed by atoms with E-state index in [1.807, 2.05) is 135 Å². The molecule has 2 N–H and O–H groups in total. The molecule has 0 fully saturated rings. The highest BCUT2D eigenvalue weighted by Gasteiger charge is 2.20. The van der Waals surface area contributed by atoms with E-state index in [0.717, 1.165) is 57.2 Å². The lowest BCUT2D eigenvalue weighted by Crippen LogP contribution is -2.28. The first-order valence-electron chi connectivity index (χ1n) is 24.0. The van der Waals surface area contributed by atoms with Crippen LogP contribution >= 0.6 is 23.5 Å². The second-order valence-corrected chi connectivity index (χ2v) is 19.4. The van der Waals surface area contributed by atoms with Gasteiger partial charge in [-0.05, 0) is 93.1 Å². The van der Waals surface area contributed by atoms with E-state index < -0.39 is 0 Å². The molecule has 0 aliphatic heterocycles. The fraction of sp³-hybridized carbons (Fsp3) is 0.158. The molecule has 16 nitrogen and oxygen atoms in total. The number of para-hydroxylation sites is 2. The number of carbonyl (C=O) groups is 2. The van der Waals surface area contributed by atoms with E-state index in [2.05, 4.69) is 10.6 Å². The lowest BCUT2D eigenvalue weighted by Gasteiger charge is -2.16. The number of amides is 2. The van der Waals surface area contributed by atoms with Crippen molar-refractivity contribution in [3.8, 4) is 45.4 Å². The summed E-state index contributed by atoms with van der Waals surface area (Å²) in [6.45, 7) is 4.32. The summed E-state index contributed by atoms with van der Waals surface area (Å²) in [7, 11) is 3.21. The summed E-state index contributed by atoms with van der Waals surface area (Å²) in [5, 5.41) is 17.3. The summed E-state index contributed by atoms with van der Waals surface area (Å²) >= 11 is 2.27. The SMILES string of the molecule is COc1cccc(-c2cc(NC(=O)CSc3nc4ccccc4c(=O)n3CCCn3c(SCC(=O)Nc4cc(-c5cccc(OC)c5)nn4-c4ccc(C)cc4)nc4ccccc4c3=O)n(-c3ccc(C)cc3)n2)c1. The summed E-state index contributed by atoms with van der Waals surface area (Å²) in [6, 6.07) is 48.5. The highest BCUT2D eigenvalue weighted by Crippen LogP contribution is 2.30. The van der Waals surface area contributed by atoms with Gasteiger partial charge in [-0.25, -0.2) is 19.3 Å². The van der Waals surface area contributed by atoms with Crippen LogP contribution in [-0.2, 0) is 22.7 Å². The minimum atomic E-state index is -0.337. The minimum Gasteiger partial charge on any atom is -0.497 e. The molecule has 376 valence electrons. The number of methoxy groups -OCH3 is 2. The van der Waals surface area contributed by atoms with Gasteiger partial charge < -0.3 is 20.1 Å². The predicted molar refractivity (Wildman–Crippen MR) is 296 cm³/mol. The van der Waals surface area contributed by atoms with Gasteiger partial charge in [-0.1, -0.05) is 107 Å². The number of aromatic nitrogens is 8. The molecule has 0 atom stereocenters. The van der Waals surface area contributed by atoms with Gasteiger partial charge in [-0.3, -0.25) is 28.3 Å². The fourth-order valence-corrected chi connectivity index (χ4v) is 10.1. The number of thioether (sulfide) groups is 2. The molecule has 0 saturated heterocycles. The van der Waals surface area contributed by atoms with Gasteiger partial charge in [0.05, 0.1) is 70.3 Å². The first-order chi connectivity index (χ1) is 36.5. The second-order valence-electron chi connectivity index (χ2n) is 17.6. The Morgan fingerprint density at radius 3 is 1.35 bits per heavy atom. The normalized spacial score (nSPS) is 11.3. The van der Waals surface area contributed by atoms with Crippen LogP contribution in [-0.4, -0.2) is 76.2 Å². The van der Waals surface area contributed by atoms with Gasteiger partial charge in [0.15, 0.2) is 10.3 Å². The van der Waals surface area contributed by atoms with Crippen molar-refractivity contribution in [2.75, 3.05) is 36.4 Å². The van der Waals surface area contributed by atoms with Crippen LogP contribution in [0.1, 0.15) is 17.5 Å². The average molecular weight is 1040 g/mol. The number of ether oxygens (including phenoxy) is 2. The first-order valence-corrected chi connectivity index (χ1v) is 26.0. The van der Waals surface area contributed by atoms with Crippen LogP contribution in [0, 0.1) is 13.8 Å². The molecule has 2 amide bonds. The summed E-state index contributed by atoms with van der Waals surface area (Å²) in [6.07, 6.45) is 0.310. The number of nitrogens with one attached hydrogen (secondary N) is 2. The van der Waals surface area contributed by atoms with Gasteiger partial charge in [0.2, 0.25) is 11.8 Å². The van der Waals surface area contributed by atoms with E-state index in [-0.39, 0.29) is 47.5 Å². The molecule has 0 aliphatic rings. The fourth-order valence-electron chi connectivity index (χ4n) is 8.47. The molecule has 75 heavy (non-hydrogen) atoms. The predicted octanol–water partition coefficient (Wildman–Crippen LogP) is 10.00. The zero-order valence-electron chi connectivity index (χ0n) is 41.4. The zero-order valence-corrected chi connectivity index (χ0v) is 43.0. The maximum absolute atomic E-state index is 14.3. The Hall–Kier alpha value is -8.74. The monoisotopic (exact) mass is 1030 g/mol. The molecule has 6 aromatic carbocycles. The summed E-state index contributed by atoms with van der Waals surface area (Å²) in [5.74, 6) is 1.43. The Kier molecular flexibility index (Phi) is 14.7. The zero-order chi connectivity index (χ0) is 52.0. The molecule has 0 radical (unpaired) electrons. The van der Waals surface area contributed by atoms with Crippen molar-refractivity contribution in [3.63, 3.8) is 0 Å². The second kappa shape index (κ2) is 22.2. The Bertz CT molecular complexity index is 3620. The molecule has 4 heterocycles. The summed E-state index contributed by atoms with van der Waals surface area (Å²) in [5.41, 5.74) is 6.99. The quantitative estimate of drug-likeness (QED) is 0.0614. The number of fused-ring (bicyclic) bond motifs is 2. The van der Waals surface area contributed by atoms with Crippen molar-refractivity contribution in [1.29, 1.82) is 0 Å². The van der Waals surface area contributed by atoms with Crippen LogP contribution in [0.15, 0.2) is 178 Å². The molecule has 10 aromatic rings. The third kappa shape index (κ3) is 11.1. The number of rotatable bonds is 18. The maximum atomic E-state index is 14.3. The van der Waals surface area contributed by atoms with Crippen LogP contribution in [0.3, 0.4) is 0 Å². The standard InChI is InChI=1S/C57H50N10O6S2/c1-36-20-24-40(25-21-36)66-50(32-48(62-66)38-12-9-14-42(30-38)72-3)60-52(68)34-74-56-58-46-18-7-5-16-44(46)54(70)64(56)28-11-29-65-55(71)45-17-6-8-19-47(45)59-57(65)75-35-53(69)61-51-33-49(39-13-10-15-43(31-39)73-4)63-67(51)41-26-22-37(2)23-27-41/h5-10,12-27,30-33H,11,28-29,34-35H2,1-4H3,(H,60,68)(H,61,69). The lowest BCUT2D eigenvalue weighted by molar-refractivity contribution is -0.114. The molecule has 0 saturated carbocycles. The van der Waals surface area contributed by atoms with Gasteiger partial charge in [0.1, 0.15) is 23.1 Å². The van der Waals surface area contributed by atoms with E-state index in [4.69, 9.17) is 29.6 Å². The van der Waals surface area contributed by atoms with E-state index >= 15 is 0 Å². The molecule has 0 spiro atoms. The van der Waals surface area contributed by atoms with E-state index in [9.17, 15) is 19.2 Å². The Balaban J connectivity index is 0.879. The molecule has 18 heteroatoms. The first kappa shape index (κ1) is 49.8. The highest BCUT2D eigenvalue weighted by molar-refractivity contribution is 8.00. The summed E-state index contributed by atoms with van der Waals surface area (Å²) < 4.78 is 17.4. The van der Waals surface area contributed by atoms with Crippen molar-refractivity contribution in [2.24, 2.45) is 0 Å².